The molecule has 0 radical (unpaired) electrons. The van der Waals surface area contributed by atoms with Crippen LogP contribution in [0.2, 0.25) is 0 Å². The quantitative estimate of drug-likeness (QED) is 0.644. The largest absolute Gasteiger partial charge is 0.315 e. The van der Waals surface area contributed by atoms with Gasteiger partial charge in [0.05, 0.1) is 0 Å². The van der Waals surface area contributed by atoms with E-state index in [2.05, 4.69) is 24.1 Å². The fourth-order valence-electron chi connectivity index (χ4n) is 2.12. The molecule has 0 aromatic rings. The first-order valence-corrected chi connectivity index (χ1v) is 7.52. The molecule has 1 unspecified atom stereocenters. The fraction of sp³-hybridized carbons (Fsp3) is 1.00. The van der Waals surface area contributed by atoms with Crippen LogP contribution in [0.25, 0.3) is 0 Å². The van der Waals surface area contributed by atoms with E-state index in [1.54, 1.807) is 0 Å². The summed E-state index contributed by atoms with van der Waals surface area (Å²) in [6, 6.07) is 0.822. The third kappa shape index (κ3) is 5.79. The summed E-state index contributed by atoms with van der Waals surface area (Å²) >= 11 is 2.04. The molecule has 1 aliphatic heterocycles. The molecule has 0 bridgehead atoms. The Balaban J connectivity index is 1.84. The van der Waals surface area contributed by atoms with Crippen molar-refractivity contribution >= 4 is 11.8 Å². The highest BCUT2D eigenvalue weighted by Crippen LogP contribution is 2.14. The van der Waals surface area contributed by atoms with E-state index in [1.807, 2.05) is 11.8 Å². The van der Waals surface area contributed by atoms with E-state index in [0.29, 0.717) is 0 Å². The highest BCUT2D eigenvalue weighted by atomic mass is 32.2. The van der Waals surface area contributed by atoms with Gasteiger partial charge in [-0.1, -0.05) is 6.92 Å². The molecule has 0 spiro atoms. The number of hydrogen-bond acceptors (Lipinski definition) is 3. The number of hydrogen-bond donors (Lipinski definition) is 1. The van der Waals surface area contributed by atoms with Gasteiger partial charge in [-0.2, -0.15) is 11.8 Å². The maximum atomic E-state index is 3.54. The van der Waals surface area contributed by atoms with Crippen LogP contribution in [0, 0.1) is 0 Å². The van der Waals surface area contributed by atoms with Gasteiger partial charge in [-0.25, -0.2) is 0 Å². The molecule has 1 rings (SSSR count). The molecule has 90 valence electrons. The van der Waals surface area contributed by atoms with E-state index in [9.17, 15) is 0 Å². The lowest BCUT2D eigenvalue weighted by Gasteiger charge is -2.20. The van der Waals surface area contributed by atoms with Crippen molar-refractivity contribution < 1.29 is 0 Å². The zero-order chi connectivity index (χ0) is 10.9. The second-order valence-corrected chi connectivity index (χ2v) is 5.72. The lowest BCUT2D eigenvalue weighted by atomic mass is 10.2. The molecule has 0 aromatic heterocycles. The minimum Gasteiger partial charge on any atom is -0.315 e. The summed E-state index contributed by atoms with van der Waals surface area (Å²) in [7, 11) is 0. The molecule has 1 fully saturated rings. The Morgan fingerprint density at radius 2 is 2.27 bits per heavy atom. The first-order chi connectivity index (χ1) is 7.34. The zero-order valence-corrected chi connectivity index (χ0v) is 11.1. The van der Waals surface area contributed by atoms with Crippen LogP contribution in [0.5, 0.6) is 0 Å². The SMILES string of the molecule is CCSCCCNCCN1CCCC1C. The third-order valence-electron chi connectivity index (χ3n) is 3.11. The summed E-state index contributed by atoms with van der Waals surface area (Å²) in [5.41, 5.74) is 0. The van der Waals surface area contributed by atoms with Gasteiger partial charge in [0.1, 0.15) is 0 Å². The molecule has 15 heavy (non-hydrogen) atoms. The van der Waals surface area contributed by atoms with Crippen LogP contribution in [-0.4, -0.2) is 48.6 Å². The number of nitrogens with one attached hydrogen (secondary N) is 1. The molecule has 1 saturated heterocycles. The van der Waals surface area contributed by atoms with Crippen molar-refractivity contribution in [2.24, 2.45) is 0 Å². The Hall–Kier alpha value is 0.270. The Labute approximate surface area is 99.2 Å². The molecule has 0 aromatic carbocycles. The maximum absolute atomic E-state index is 3.54. The molecule has 0 amide bonds. The average molecular weight is 230 g/mol. The van der Waals surface area contributed by atoms with Crippen LogP contribution in [0.4, 0.5) is 0 Å². The zero-order valence-electron chi connectivity index (χ0n) is 10.3. The number of nitrogens with zero attached hydrogens (tertiary/aromatic N) is 1. The minimum absolute atomic E-state index is 0.822. The van der Waals surface area contributed by atoms with E-state index < -0.39 is 0 Å². The molecule has 1 N–H and O–H groups in total. The highest BCUT2D eigenvalue weighted by Gasteiger charge is 2.18. The van der Waals surface area contributed by atoms with Gasteiger partial charge in [0, 0.05) is 19.1 Å². The van der Waals surface area contributed by atoms with Crippen molar-refractivity contribution in [2.75, 3.05) is 37.7 Å². The molecule has 1 atom stereocenters. The summed E-state index contributed by atoms with van der Waals surface area (Å²) in [5, 5.41) is 3.54. The normalized spacial score (nSPS) is 22.4. The lowest BCUT2D eigenvalue weighted by Crippen LogP contribution is -2.34. The van der Waals surface area contributed by atoms with Gasteiger partial charge in [-0.15, -0.1) is 0 Å². The van der Waals surface area contributed by atoms with Gasteiger partial charge < -0.3 is 5.32 Å². The molecular weight excluding hydrogens is 204 g/mol. The molecule has 2 nitrogen and oxygen atoms in total. The molecular formula is C12H26N2S. The topological polar surface area (TPSA) is 15.3 Å². The summed E-state index contributed by atoms with van der Waals surface area (Å²) in [6.45, 7) is 9.49. The summed E-state index contributed by atoms with van der Waals surface area (Å²) < 4.78 is 0. The van der Waals surface area contributed by atoms with Crippen LogP contribution < -0.4 is 5.32 Å². The van der Waals surface area contributed by atoms with Crippen molar-refractivity contribution in [3.63, 3.8) is 0 Å². The Bertz CT molecular complexity index is 153. The van der Waals surface area contributed by atoms with Crippen molar-refractivity contribution in [3.05, 3.63) is 0 Å². The standard InChI is InChI=1S/C12H26N2S/c1-3-15-11-5-7-13-8-10-14-9-4-6-12(14)2/h12-13H,3-11H2,1-2H3. The lowest BCUT2D eigenvalue weighted by molar-refractivity contribution is 0.268. The smallest absolute Gasteiger partial charge is 0.0110 e. The predicted molar refractivity (Wildman–Crippen MR) is 70.8 cm³/mol. The number of rotatable bonds is 8. The van der Waals surface area contributed by atoms with Crippen LogP contribution in [0.1, 0.15) is 33.1 Å². The number of thioether (sulfide) groups is 1. The molecule has 0 aliphatic carbocycles. The highest BCUT2D eigenvalue weighted by molar-refractivity contribution is 7.99. The van der Waals surface area contributed by atoms with E-state index in [1.165, 1.54) is 56.9 Å². The summed E-state index contributed by atoms with van der Waals surface area (Å²) in [4.78, 5) is 2.60. The molecule has 3 heteroatoms. The average Bonchev–Trinajstić information content (AvgIpc) is 2.63. The van der Waals surface area contributed by atoms with E-state index in [-0.39, 0.29) is 0 Å². The Morgan fingerprint density at radius 3 is 2.93 bits per heavy atom. The van der Waals surface area contributed by atoms with Gasteiger partial charge in [-0.05, 0) is 50.8 Å². The fourth-order valence-corrected chi connectivity index (χ4v) is 2.75. The minimum atomic E-state index is 0.822. The summed E-state index contributed by atoms with van der Waals surface area (Å²) in [5.74, 6) is 2.56. The Kier molecular flexibility index (Phi) is 7.49. The third-order valence-corrected chi connectivity index (χ3v) is 4.10. The van der Waals surface area contributed by atoms with Crippen molar-refractivity contribution in [1.82, 2.24) is 10.2 Å². The summed E-state index contributed by atoms with van der Waals surface area (Å²) in [6.07, 6.45) is 4.11. The van der Waals surface area contributed by atoms with Gasteiger partial charge in [0.2, 0.25) is 0 Å². The van der Waals surface area contributed by atoms with E-state index in [0.717, 1.165) is 6.04 Å². The van der Waals surface area contributed by atoms with Gasteiger partial charge in [-0.3, -0.25) is 4.90 Å². The van der Waals surface area contributed by atoms with E-state index in [4.69, 9.17) is 0 Å². The van der Waals surface area contributed by atoms with Crippen molar-refractivity contribution in [3.8, 4) is 0 Å². The van der Waals surface area contributed by atoms with Gasteiger partial charge in [0.15, 0.2) is 0 Å². The first kappa shape index (κ1) is 13.3. The number of likely N-dealkylation sites (tertiary alicyclic amines) is 1. The second-order valence-electron chi connectivity index (χ2n) is 4.33. The van der Waals surface area contributed by atoms with Crippen LogP contribution in [-0.2, 0) is 0 Å². The monoisotopic (exact) mass is 230 g/mol. The van der Waals surface area contributed by atoms with Crippen LogP contribution >= 0.6 is 11.8 Å². The predicted octanol–water partition coefficient (Wildman–Crippen LogP) is 2.20. The molecule has 1 heterocycles. The van der Waals surface area contributed by atoms with Gasteiger partial charge in [0.25, 0.3) is 0 Å². The molecule has 1 aliphatic rings. The van der Waals surface area contributed by atoms with Crippen molar-refractivity contribution in [1.29, 1.82) is 0 Å². The van der Waals surface area contributed by atoms with E-state index >= 15 is 0 Å². The van der Waals surface area contributed by atoms with Crippen molar-refractivity contribution in [2.45, 2.75) is 39.2 Å². The second kappa shape index (κ2) is 8.43. The van der Waals surface area contributed by atoms with Crippen LogP contribution in [0.15, 0.2) is 0 Å². The maximum Gasteiger partial charge on any atom is 0.0110 e. The van der Waals surface area contributed by atoms with Gasteiger partial charge >= 0.3 is 0 Å². The molecule has 0 saturated carbocycles. The Morgan fingerprint density at radius 1 is 1.40 bits per heavy atom. The first-order valence-electron chi connectivity index (χ1n) is 6.37. The van der Waals surface area contributed by atoms with Crippen LogP contribution in [0.3, 0.4) is 0 Å².